The van der Waals surface area contributed by atoms with Crippen LogP contribution < -0.4 is 5.32 Å². The highest BCUT2D eigenvalue weighted by Crippen LogP contribution is 2.21. The third-order valence-electron chi connectivity index (χ3n) is 3.33. The van der Waals surface area contributed by atoms with Gasteiger partial charge in [0, 0.05) is 18.1 Å². The summed E-state index contributed by atoms with van der Waals surface area (Å²) in [6, 6.07) is 6.23. The molecule has 0 bridgehead atoms. The van der Waals surface area contributed by atoms with E-state index in [0.29, 0.717) is 12.0 Å². The zero-order chi connectivity index (χ0) is 13.1. The molecule has 18 heavy (non-hydrogen) atoms. The molecule has 0 atom stereocenters. The fourth-order valence-corrected chi connectivity index (χ4v) is 2.35. The average Bonchev–Trinajstić information content (AvgIpc) is 2.68. The summed E-state index contributed by atoms with van der Waals surface area (Å²) in [5.74, 6) is -0.560. The summed E-state index contributed by atoms with van der Waals surface area (Å²) in [4.78, 5) is 22.7. The van der Waals surface area contributed by atoms with Crippen molar-refractivity contribution in [3.05, 3.63) is 46.5 Å². The lowest BCUT2D eigenvalue weighted by Gasteiger charge is -2.12. The normalized spacial score (nSPS) is 14.7. The summed E-state index contributed by atoms with van der Waals surface area (Å²) < 4.78 is 0. The van der Waals surface area contributed by atoms with Gasteiger partial charge in [0.15, 0.2) is 0 Å². The fourth-order valence-electron chi connectivity index (χ4n) is 2.35. The number of carbonyl (C=O) groups excluding carboxylic acids is 2. The van der Waals surface area contributed by atoms with Crippen molar-refractivity contribution in [3.63, 3.8) is 0 Å². The van der Waals surface area contributed by atoms with Crippen LogP contribution in [0.1, 0.15) is 30.5 Å². The second-order valence-corrected chi connectivity index (χ2v) is 4.43. The minimum Gasteiger partial charge on any atom is -0.289 e. The van der Waals surface area contributed by atoms with Gasteiger partial charge in [0.25, 0.3) is 11.8 Å². The summed E-state index contributed by atoms with van der Waals surface area (Å²) in [6.07, 6.45) is 3.83. The molecule has 94 valence electrons. The molecule has 1 aliphatic heterocycles. The van der Waals surface area contributed by atoms with E-state index in [1.165, 1.54) is 22.8 Å². The average molecular weight is 243 g/mol. The Morgan fingerprint density at radius 2 is 1.67 bits per heavy atom. The van der Waals surface area contributed by atoms with Gasteiger partial charge in [-0.1, -0.05) is 32.0 Å². The monoisotopic (exact) mass is 243 g/mol. The van der Waals surface area contributed by atoms with E-state index in [1.54, 1.807) is 0 Å². The lowest BCUT2D eigenvalue weighted by atomic mass is 9.92. The molecule has 3 nitrogen and oxygen atoms in total. The minimum absolute atomic E-state index is 0.257. The SMILES string of the molecule is CCc1cccc(CC)c1CC1=CC(=O)NC1=O. The Hall–Kier alpha value is -1.90. The molecule has 2 rings (SSSR count). The molecule has 0 fully saturated rings. The lowest BCUT2D eigenvalue weighted by molar-refractivity contribution is -0.123. The highest BCUT2D eigenvalue weighted by Gasteiger charge is 2.22. The second-order valence-electron chi connectivity index (χ2n) is 4.43. The van der Waals surface area contributed by atoms with Gasteiger partial charge in [-0.25, -0.2) is 0 Å². The van der Waals surface area contributed by atoms with Gasteiger partial charge in [-0.2, -0.15) is 0 Å². The van der Waals surface area contributed by atoms with Crippen molar-refractivity contribution in [1.29, 1.82) is 0 Å². The zero-order valence-corrected chi connectivity index (χ0v) is 10.7. The molecule has 0 saturated carbocycles. The van der Waals surface area contributed by atoms with Crippen LogP contribution in [0.4, 0.5) is 0 Å². The Kier molecular flexibility index (Phi) is 3.60. The Bertz CT molecular complexity index is 507. The van der Waals surface area contributed by atoms with Crippen LogP contribution in [-0.4, -0.2) is 11.8 Å². The van der Waals surface area contributed by atoms with Crippen LogP contribution in [0.2, 0.25) is 0 Å². The van der Waals surface area contributed by atoms with E-state index >= 15 is 0 Å². The Balaban J connectivity index is 2.36. The van der Waals surface area contributed by atoms with Crippen molar-refractivity contribution in [1.82, 2.24) is 5.32 Å². The standard InChI is InChI=1S/C15H17NO2/c1-3-10-6-5-7-11(4-2)13(10)8-12-9-14(17)16-15(12)18/h5-7,9H,3-4,8H2,1-2H3,(H,16,17,18). The molecule has 0 aromatic heterocycles. The molecule has 1 aromatic rings. The first-order chi connectivity index (χ1) is 8.65. The second kappa shape index (κ2) is 5.17. The third-order valence-corrected chi connectivity index (χ3v) is 3.33. The first kappa shape index (κ1) is 12.6. The Morgan fingerprint density at radius 1 is 1.06 bits per heavy atom. The highest BCUT2D eigenvalue weighted by molar-refractivity contribution is 6.16. The van der Waals surface area contributed by atoms with Crippen molar-refractivity contribution in [2.24, 2.45) is 0 Å². The summed E-state index contributed by atoms with van der Waals surface area (Å²) in [7, 11) is 0. The lowest BCUT2D eigenvalue weighted by Crippen LogP contribution is -2.22. The fraction of sp³-hybridized carbons (Fsp3) is 0.333. The molecule has 0 saturated heterocycles. The van der Waals surface area contributed by atoms with Gasteiger partial charge in [0.05, 0.1) is 0 Å². The molecule has 1 aromatic carbocycles. The van der Waals surface area contributed by atoms with E-state index in [4.69, 9.17) is 0 Å². The number of benzene rings is 1. The Labute approximate surface area is 107 Å². The van der Waals surface area contributed by atoms with Gasteiger partial charge in [-0.15, -0.1) is 0 Å². The highest BCUT2D eigenvalue weighted by atomic mass is 16.2. The van der Waals surface area contributed by atoms with Gasteiger partial charge in [0.1, 0.15) is 0 Å². The largest absolute Gasteiger partial charge is 0.289 e. The molecule has 0 unspecified atom stereocenters. The number of aryl methyl sites for hydroxylation is 2. The van der Waals surface area contributed by atoms with Crippen LogP contribution >= 0.6 is 0 Å². The van der Waals surface area contributed by atoms with E-state index in [9.17, 15) is 9.59 Å². The predicted molar refractivity (Wildman–Crippen MR) is 70.1 cm³/mol. The maximum Gasteiger partial charge on any atom is 0.254 e. The van der Waals surface area contributed by atoms with Crippen LogP contribution in [0.25, 0.3) is 0 Å². The minimum atomic E-state index is -0.304. The van der Waals surface area contributed by atoms with Gasteiger partial charge in [0.2, 0.25) is 0 Å². The molecule has 1 N–H and O–H groups in total. The number of hydrogen-bond acceptors (Lipinski definition) is 2. The molecule has 1 aliphatic rings. The van der Waals surface area contributed by atoms with E-state index in [1.807, 2.05) is 0 Å². The number of amides is 2. The van der Waals surface area contributed by atoms with Crippen molar-refractivity contribution < 1.29 is 9.59 Å². The summed E-state index contributed by atoms with van der Waals surface area (Å²) in [6.45, 7) is 4.21. The van der Waals surface area contributed by atoms with Crippen LogP contribution in [0.3, 0.4) is 0 Å². The Morgan fingerprint density at radius 3 is 2.11 bits per heavy atom. The van der Waals surface area contributed by atoms with Crippen molar-refractivity contribution in [3.8, 4) is 0 Å². The van der Waals surface area contributed by atoms with E-state index in [-0.39, 0.29) is 11.8 Å². The number of hydrogen-bond donors (Lipinski definition) is 1. The van der Waals surface area contributed by atoms with Crippen molar-refractivity contribution >= 4 is 11.8 Å². The van der Waals surface area contributed by atoms with Crippen LogP contribution in [0.5, 0.6) is 0 Å². The van der Waals surface area contributed by atoms with Crippen LogP contribution in [0, 0.1) is 0 Å². The molecule has 2 amide bonds. The molecule has 0 aliphatic carbocycles. The maximum absolute atomic E-state index is 11.6. The van der Waals surface area contributed by atoms with Gasteiger partial charge < -0.3 is 0 Å². The molecular weight excluding hydrogens is 226 g/mol. The number of nitrogens with one attached hydrogen (secondary N) is 1. The van der Waals surface area contributed by atoms with Crippen molar-refractivity contribution in [2.45, 2.75) is 33.1 Å². The number of rotatable bonds is 4. The molecular formula is C15H17NO2. The first-order valence-corrected chi connectivity index (χ1v) is 6.31. The number of imide groups is 1. The van der Waals surface area contributed by atoms with E-state index in [2.05, 4.69) is 37.4 Å². The van der Waals surface area contributed by atoms with Crippen LogP contribution in [-0.2, 0) is 28.9 Å². The van der Waals surface area contributed by atoms with Gasteiger partial charge in [-0.3, -0.25) is 14.9 Å². The summed E-state index contributed by atoms with van der Waals surface area (Å²) in [5.41, 5.74) is 4.26. The van der Waals surface area contributed by atoms with E-state index in [0.717, 1.165) is 12.8 Å². The molecule has 0 spiro atoms. The zero-order valence-electron chi connectivity index (χ0n) is 10.7. The first-order valence-electron chi connectivity index (χ1n) is 6.31. The molecule has 0 radical (unpaired) electrons. The van der Waals surface area contributed by atoms with E-state index < -0.39 is 0 Å². The van der Waals surface area contributed by atoms with Gasteiger partial charge >= 0.3 is 0 Å². The van der Waals surface area contributed by atoms with Gasteiger partial charge in [-0.05, 0) is 29.5 Å². The smallest absolute Gasteiger partial charge is 0.254 e. The summed E-state index contributed by atoms with van der Waals surface area (Å²) in [5, 5.41) is 2.29. The number of carbonyl (C=O) groups is 2. The quantitative estimate of drug-likeness (QED) is 0.821. The third kappa shape index (κ3) is 2.35. The van der Waals surface area contributed by atoms with Crippen molar-refractivity contribution in [2.75, 3.05) is 0 Å². The molecule has 1 heterocycles. The summed E-state index contributed by atoms with van der Waals surface area (Å²) >= 11 is 0. The maximum atomic E-state index is 11.6. The molecule has 3 heteroatoms. The predicted octanol–water partition coefficient (Wildman–Crippen LogP) is 1.94. The topological polar surface area (TPSA) is 46.2 Å². The van der Waals surface area contributed by atoms with Crippen LogP contribution in [0.15, 0.2) is 29.8 Å².